The fourth-order valence-electron chi connectivity index (χ4n) is 3.52. The van der Waals surface area contributed by atoms with Crippen LogP contribution >= 0.6 is 12.4 Å². The molecule has 1 N–H and O–H groups in total. The minimum absolute atomic E-state index is 0. The maximum Gasteiger partial charge on any atom is 0.127 e. The molecule has 0 bridgehead atoms. The smallest absolute Gasteiger partial charge is 0.127 e. The van der Waals surface area contributed by atoms with E-state index in [4.69, 9.17) is 0 Å². The number of benzene rings is 1. The van der Waals surface area contributed by atoms with Crippen molar-refractivity contribution in [3.05, 3.63) is 72.6 Å². The number of imidazole rings is 1. The third-order valence-electron chi connectivity index (χ3n) is 4.84. The predicted molar refractivity (Wildman–Crippen MR) is 106 cm³/mol. The van der Waals surface area contributed by atoms with Gasteiger partial charge in [-0.05, 0) is 34.9 Å². The number of halogens is 1. The predicted octanol–water partition coefficient (Wildman–Crippen LogP) is 3.05. The molecule has 5 nitrogen and oxygen atoms in total. The van der Waals surface area contributed by atoms with Crippen molar-refractivity contribution in [1.29, 1.82) is 0 Å². The number of hydrogen-bond acceptors (Lipinski definition) is 4. The van der Waals surface area contributed by atoms with Gasteiger partial charge in [0.15, 0.2) is 0 Å². The van der Waals surface area contributed by atoms with Gasteiger partial charge in [0.1, 0.15) is 5.82 Å². The van der Waals surface area contributed by atoms with Crippen LogP contribution in [0.1, 0.15) is 17.4 Å². The van der Waals surface area contributed by atoms with E-state index in [2.05, 4.69) is 68.2 Å². The fourth-order valence-corrected chi connectivity index (χ4v) is 3.52. The molecule has 1 fully saturated rings. The Labute approximate surface area is 160 Å². The third kappa shape index (κ3) is 3.96. The van der Waals surface area contributed by atoms with Crippen LogP contribution in [0.5, 0.6) is 0 Å². The molecule has 1 atom stereocenters. The van der Waals surface area contributed by atoms with Gasteiger partial charge in [0, 0.05) is 58.0 Å². The Morgan fingerprint density at radius 2 is 1.96 bits per heavy atom. The standard InChI is InChI=1S/C20H23N5.ClH/c1-24-11-10-23-20(24)19-14-22-9-12-25(19)15-16-3-2-4-18(13-16)17-5-7-21-8-6-17;/h2-8,10-11,13,19,22H,9,12,14-15H2,1H3;1H. The quantitative estimate of drug-likeness (QED) is 0.767. The van der Waals surface area contributed by atoms with E-state index >= 15 is 0 Å². The molecular formula is C20H24ClN5. The number of aromatic nitrogens is 3. The molecule has 1 unspecified atom stereocenters. The van der Waals surface area contributed by atoms with Gasteiger partial charge in [0.05, 0.1) is 6.04 Å². The highest BCUT2D eigenvalue weighted by Crippen LogP contribution is 2.25. The lowest BCUT2D eigenvalue weighted by Gasteiger charge is -2.35. The summed E-state index contributed by atoms with van der Waals surface area (Å²) < 4.78 is 2.12. The van der Waals surface area contributed by atoms with Crippen LogP contribution in [-0.2, 0) is 13.6 Å². The molecule has 3 heterocycles. The van der Waals surface area contributed by atoms with E-state index in [1.807, 2.05) is 24.8 Å². The Hall–Kier alpha value is -2.21. The number of aryl methyl sites for hydroxylation is 1. The van der Waals surface area contributed by atoms with E-state index in [1.165, 1.54) is 16.7 Å². The number of hydrogen-bond donors (Lipinski definition) is 1. The van der Waals surface area contributed by atoms with Gasteiger partial charge in [-0.25, -0.2) is 4.98 Å². The first kappa shape index (κ1) is 18.6. The van der Waals surface area contributed by atoms with E-state index in [0.717, 1.165) is 32.0 Å². The van der Waals surface area contributed by atoms with Crippen LogP contribution in [-0.4, -0.2) is 39.1 Å². The van der Waals surface area contributed by atoms with Crippen LogP contribution in [0.4, 0.5) is 0 Å². The van der Waals surface area contributed by atoms with Gasteiger partial charge >= 0.3 is 0 Å². The number of nitrogens with zero attached hydrogens (tertiary/aromatic N) is 4. The lowest BCUT2D eigenvalue weighted by molar-refractivity contribution is 0.145. The molecule has 1 saturated heterocycles. The second-order valence-corrected chi connectivity index (χ2v) is 6.52. The van der Waals surface area contributed by atoms with Gasteiger partial charge in [0.25, 0.3) is 0 Å². The Morgan fingerprint density at radius 3 is 2.73 bits per heavy atom. The van der Waals surface area contributed by atoms with Crippen LogP contribution < -0.4 is 5.32 Å². The van der Waals surface area contributed by atoms with Crippen LogP contribution in [0.2, 0.25) is 0 Å². The summed E-state index contributed by atoms with van der Waals surface area (Å²) in [5, 5.41) is 3.50. The summed E-state index contributed by atoms with van der Waals surface area (Å²) in [4.78, 5) is 11.2. The van der Waals surface area contributed by atoms with Gasteiger partial charge < -0.3 is 9.88 Å². The topological polar surface area (TPSA) is 46.0 Å². The molecule has 0 amide bonds. The molecule has 0 spiro atoms. The largest absolute Gasteiger partial charge is 0.337 e. The number of nitrogens with one attached hydrogen (secondary N) is 1. The van der Waals surface area contributed by atoms with E-state index in [9.17, 15) is 0 Å². The van der Waals surface area contributed by atoms with Crippen molar-refractivity contribution in [3.8, 4) is 11.1 Å². The highest BCUT2D eigenvalue weighted by Gasteiger charge is 2.26. The molecule has 2 aromatic heterocycles. The lowest BCUT2D eigenvalue weighted by atomic mass is 10.0. The maximum absolute atomic E-state index is 4.57. The molecule has 1 aromatic carbocycles. The van der Waals surface area contributed by atoms with E-state index in [1.54, 1.807) is 0 Å². The molecule has 1 aliphatic heterocycles. The average Bonchev–Trinajstić information content (AvgIpc) is 3.09. The first-order chi connectivity index (χ1) is 12.3. The van der Waals surface area contributed by atoms with E-state index in [-0.39, 0.29) is 12.4 Å². The van der Waals surface area contributed by atoms with Gasteiger partial charge in [-0.3, -0.25) is 9.88 Å². The molecule has 136 valence electrons. The van der Waals surface area contributed by atoms with Gasteiger partial charge in [-0.2, -0.15) is 0 Å². The van der Waals surface area contributed by atoms with Crippen molar-refractivity contribution >= 4 is 12.4 Å². The van der Waals surface area contributed by atoms with E-state index in [0.29, 0.717) is 6.04 Å². The van der Waals surface area contributed by atoms with Gasteiger partial charge in [-0.15, -0.1) is 12.4 Å². The normalized spacial score (nSPS) is 17.7. The van der Waals surface area contributed by atoms with Crippen molar-refractivity contribution in [1.82, 2.24) is 24.8 Å². The molecule has 4 rings (SSSR count). The molecule has 26 heavy (non-hydrogen) atoms. The minimum atomic E-state index is 0. The zero-order valence-electron chi connectivity index (χ0n) is 14.9. The first-order valence-corrected chi connectivity index (χ1v) is 8.72. The second-order valence-electron chi connectivity index (χ2n) is 6.52. The molecule has 0 aliphatic carbocycles. The SMILES string of the molecule is Cl.Cn1ccnc1C1CNCCN1Cc1cccc(-c2ccncc2)c1. The summed E-state index contributed by atoms with van der Waals surface area (Å²) in [5.74, 6) is 1.12. The first-order valence-electron chi connectivity index (χ1n) is 8.72. The molecule has 3 aromatic rings. The Bertz CT molecular complexity index is 833. The van der Waals surface area contributed by atoms with Crippen molar-refractivity contribution in [2.45, 2.75) is 12.6 Å². The summed E-state index contributed by atoms with van der Waals surface area (Å²) in [7, 11) is 2.07. The molecule has 6 heteroatoms. The number of piperazine rings is 1. The Morgan fingerprint density at radius 1 is 1.12 bits per heavy atom. The summed E-state index contributed by atoms with van der Waals surface area (Å²) in [6, 6.07) is 13.2. The van der Waals surface area contributed by atoms with Crippen LogP contribution in [0.25, 0.3) is 11.1 Å². The Balaban J connectivity index is 0.00000196. The van der Waals surface area contributed by atoms with Crippen LogP contribution in [0.15, 0.2) is 61.2 Å². The molecule has 0 radical (unpaired) electrons. The lowest BCUT2D eigenvalue weighted by Crippen LogP contribution is -2.46. The monoisotopic (exact) mass is 369 g/mol. The number of rotatable bonds is 4. The summed E-state index contributed by atoms with van der Waals surface area (Å²) in [6.07, 6.45) is 7.59. The maximum atomic E-state index is 4.57. The van der Waals surface area contributed by atoms with Crippen molar-refractivity contribution in [3.63, 3.8) is 0 Å². The molecule has 1 aliphatic rings. The zero-order valence-corrected chi connectivity index (χ0v) is 15.7. The van der Waals surface area contributed by atoms with Crippen molar-refractivity contribution in [2.75, 3.05) is 19.6 Å². The summed E-state index contributed by atoms with van der Waals surface area (Å²) in [5.41, 5.74) is 3.77. The van der Waals surface area contributed by atoms with Gasteiger partial charge in [0.2, 0.25) is 0 Å². The zero-order chi connectivity index (χ0) is 17.1. The average molecular weight is 370 g/mol. The van der Waals surface area contributed by atoms with Gasteiger partial charge in [-0.1, -0.05) is 18.2 Å². The van der Waals surface area contributed by atoms with E-state index < -0.39 is 0 Å². The summed E-state index contributed by atoms with van der Waals surface area (Å²) in [6.45, 7) is 3.91. The fraction of sp³-hybridized carbons (Fsp3) is 0.300. The molecule has 0 saturated carbocycles. The Kier molecular flexibility index (Phi) is 6.04. The minimum Gasteiger partial charge on any atom is -0.337 e. The van der Waals surface area contributed by atoms with Crippen molar-refractivity contribution in [2.24, 2.45) is 7.05 Å². The third-order valence-corrected chi connectivity index (χ3v) is 4.84. The second kappa shape index (κ2) is 8.45. The van der Waals surface area contributed by atoms with Crippen LogP contribution in [0, 0.1) is 0 Å². The summed E-state index contributed by atoms with van der Waals surface area (Å²) >= 11 is 0. The number of pyridine rings is 1. The van der Waals surface area contributed by atoms with Crippen molar-refractivity contribution < 1.29 is 0 Å². The molecular weight excluding hydrogens is 346 g/mol. The highest BCUT2D eigenvalue weighted by molar-refractivity contribution is 5.85. The highest BCUT2D eigenvalue weighted by atomic mass is 35.5. The van der Waals surface area contributed by atoms with Crippen LogP contribution in [0.3, 0.4) is 0 Å².